The summed E-state index contributed by atoms with van der Waals surface area (Å²) >= 11 is 0. The molecule has 2 saturated carbocycles. The third-order valence-electron chi connectivity index (χ3n) is 6.35. The van der Waals surface area contributed by atoms with Gasteiger partial charge in [-0.2, -0.15) is 0 Å². The standard InChI is InChI=1S/C23H29N5O2/c1-14(29)23-25-8-9-28(23)21(13-24)20-12-22(30-27-20)16-4-2-15(3-5-16)17-10-19(11-17)26-18-6-7-18/h2-5,8-9,12,14,17-19,21,26,29H,6-7,10-11,13,24H2,1H3/t14-,17?,19?,21+/m0/s1. The third kappa shape index (κ3) is 3.80. The molecule has 0 unspecified atom stereocenters. The van der Waals surface area contributed by atoms with Gasteiger partial charge in [-0.1, -0.05) is 29.4 Å². The van der Waals surface area contributed by atoms with E-state index in [1.54, 1.807) is 13.1 Å². The number of nitrogens with one attached hydrogen (secondary N) is 1. The van der Waals surface area contributed by atoms with Crippen LogP contribution in [0.15, 0.2) is 47.2 Å². The van der Waals surface area contributed by atoms with E-state index in [1.165, 1.54) is 31.2 Å². The topological polar surface area (TPSA) is 102 Å². The molecule has 0 radical (unpaired) electrons. The normalized spacial score (nSPS) is 23.2. The first kappa shape index (κ1) is 19.5. The lowest BCUT2D eigenvalue weighted by Gasteiger charge is -2.36. The molecular formula is C23H29N5O2. The van der Waals surface area contributed by atoms with Gasteiger partial charge < -0.3 is 25.2 Å². The molecule has 1 aromatic carbocycles. The van der Waals surface area contributed by atoms with Crippen LogP contribution >= 0.6 is 0 Å². The minimum atomic E-state index is -0.682. The van der Waals surface area contributed by atoms with Gasteiger partial charge in [0.25, 0.3) is 0 Å². The van der Waals surface area contributed by atoms with E-state index in [1.807, 2.05) is 16.8 Å². The minimum absolute atomic E-state index is 0.236. The van der Waals surface area contributed by atoms with Crippen LogP contribution in [0.25, 0.3) is 11.3 Å². The Labute approximate surface area is 176 Å². The highest BCUT2D eigenvalue weighted by molar-refractivity contribution is 5.58. The zero-order valence-corrected chi connectivity index (χ0v) is 17.2. The van der Waals surface area contributed by atoms with Gasteiger partial charge in [-0.3, -0.25) is 0 Å². The molecule has 0 bridgehead atoms. The van der Waals surface area contributed by atoms with Crippen molar-refractivity contribution in [2.45, 2.75) is 62.8 Å². The molecule has 7 nitrogen and oxygen atoms in total. The summed E-state index contributed by atoms with van der Waals surface area (Å²) in [7, 11) is 0. The Hall–Kier alpha value is -2.48. The number of aliphatic hydroxyl groups is 1. The van der Waals surface area contributed by atoms with Crippen LogP contribution in [-0.2, 0) is 0 Å². The fraction of sp³-hybridized carbons (Fsp3) is 0.478. The molecule has 2 aromatic heterocycles. The minimum Gasteiger partial charge on any atom is -0.385 e. The number of nitrogens with two attached hydrogens (primary N) is 1. The second-order valence-electron chi connectivity index (χ2n) is 8.66. The van der Waals surface area contributed by atoms with Crippen molar-refractivity contribution >= 4 is 0 Å². The van der Waals surface area contributed by atoms with Crippen LogP contribution in [0.3, 0.4) is 0 Å². The largest absolute Gasteiger partial charge is 0.385 e. The molecule has 2 aliphatic carbocycles. The summed E-state index contributed by atoms with van der Waals surface area (Å²) in [6, 6.07) is 11.8. The van der Waals surface area contributed by atoms with Crippen molar-refractivity contribution in [1.29, 1.82) is 0 Å². The highest BCUT2D eigenvalue weighted by Crippen LogP contribution is 2.39. The molecule has 0 aliphatic heterocycles. The molecule has 2 heterocycles. The van der Waals surface area contributed by atoms with Crippen molar-refractivity contribution < 1.29 is 9.63 Å². The second kappa shape index (κ2) is 7.98. The first-order valence-corrected chi connectivity index (χ1v) is 10.9. The molecule has 2 aliphatic rings. The average molecular weight is 408 g/mol. The van der Waals surface area contributed by atoms with E-state index in [0.717, 1.165) is 23.1 Å². The third-order valence-corrected chi connectivity index (χ3v) is 6.35. The summed E-state index contributed by atoms with van der Waals surface area (Å²) in [6.45, 7) is 2.02. The van der Waals surface area contributed by atoms with Gasteiger partial charge in [-0.25, -0.2) is 4.98 Å². The van der Waals surface area contributed by atoms with E-state index in [-0.39, 0.29) is 6.04 Å². The Morgan fingerprint density at radius 2 is 2.00 bits per heavy atom. The van der Waals surface area contributed by atoms with E-state index in [4.69, 9.17) is 10.3 Å². The smallest absolute Gasteiger partial charge is 0.167 e. The molecule has 30 heavy (non-hydrogen) atoms. The van der Waals surface area contributed by atoms with Gasteiger partial charge >= 0.3 is 0 Å². The molecule has 0 amide bonds. The number of rotatable bonds is 8. The zero-order chi connectivity index (χ0) is 20.7. The van der Waals surface area contributed by atoms with Crippen LogP contribution in [0.5, 0.6) is 0 Å². The van der Waals surface area contributed by atoms with Crippen molar-refractivity contribution in [2.24, 2.45) is 5.73 Å². The van der Waals surface area contributed by atoms with Crippen molar-refractivity contribution in [2.75, 3.05) is 6.54 Å². The van der Waals surface area contributed by atoms with Gasteiger partial charge in [0.05, 0.1) is 6.04 Å². The number of imidazole rings is 1. The lowest BCUT2D eigenvalue weighted by Crippen LogP contribution is -2.41. The number of benzene rings is 1. The number of nitrogens with zero attached hydrogens (tertiary/aromatic N) is 3. The summed E-state index contributed by atoms with van der Waals surface area (Å²) < 4.78 is 7.49. The van der Waals surface area contributed by atoms with E-state index < -0.39 is 6.10 Å². The number of hydrogen-bond acceptors (Lipinski definition) is 6. The molecule has 4 N–H and O–H groups in total. The maximum absolute atomic E-state index is 9.95. The van der Waals surface area contributed by atoms with E-state index in [2.05, 4.69) is 39.7 Å². The van der Waals surface area contributed by atoms with E-state index >= 15 is 0 Å². The van der Waals surface area contributed by atoms with Crippen molar-refractivity contribution in [3.8, 4) is 11.3 Å². The Bertz CT molecular complexity index is 983. The summed E-state index contributed by atoms with van der Waals surface area (Å²) in [4.78, 5) is 4.23. The fourth-order valence-corrected chi connectivity index (χ4v) is 4.40. The molecule has 0 saturated heterocycles. The van der Waals surface area contributed by atoms with Gasteiger partial charge in [0.1, 0.15) is 17.6 Å². The van der Waals surface area contributed by atoms with Crippen LogP contribution in [0.1, 0.15) is 67.8 Å². The van der Waals surface area contributed by atoms with Crippen LogP contribution < -0.4 is 11.1 Å². The molecule has 5 rings (SSSR count). The van der Waals surface area contributed by atoms with Crippen molar-refractivity contribution in [3.63, 3.8) is 0 Å². The Morgan fingerprint density at radius 3 is 2.67 bits per heavy atom. The van der Waals surface area contributed by atoms with Gasteiger partial charge in [0, 0.05) is 42.7 Å². The SMILES string of the molecule is C[C@H](O)c1nccn1[C@H](CN)c1cc(-c2ccc(C3CC(NC4CC4)C3)cc2)on1. The fourth-order valence-electron chi connectivity index (χ4n) is 4.40. The predicted octanol–water partition coefficient (Wildman–Crippen LogP) is 3.14. The summed E-state index contributed by atoms with van der Waals surface area (Å²) in [5.74, 6) is 1.94. The highest BCUT2D eigenvalue weighted by atomic mass is 16.5. The van der Waals surface area contributed by atoms with E-state index in [9.17, 15) is 5.11 Å². The van der Waals surface area contributed by atoms with Crippen LogP contribution in [0.2, 0.25) is 0 Å². The lowest BCUT2D eigenvalue weighted by atomic mass is 9.75. The van der Waals surface area contributed by atoms with Crippen molar-refractivity contribution in [3.05, 3.63) is 59.8 Å². The van der Waals surface area contributed by atoms with Crippen molar-refractivity contribution in [1.82, 2.24) is 20.0 Å². The molecule has 158 valence electrons. The number of hydrogen-bond donors (Lipinski definition) is 3. The highest BCUT2D eigenvalue weighted by Gasteiger charge is 2.34. The molecule has 0 spiro atoms. The Balaban J connectivity index is 1.28. The molecule has 2 fully saturated rings. The van der Waals surface area contributed by atoms with Crippen LogP contribution in [0.4, 0.5) is 0 Å². The van der Waals surface area contributed by atoms with E-state index in [0.29, 0.717) is 24.3 Å². The summed E-state index contributed by atoms with van der Waals surface area (Å²) in [6.07, 6.45) is 7.96. The lowest BCUT2D eigenvalue weighted by molar-refractivity contribution is 0.182. The van der Waals surface area contributed by atoms with Crippen LogP contribution in [0, 0.1) is 0 Å². The van der Waals surface area contributed by atoms with Gasteiger partial charge in [-0.05, 0) is 44.1 Å². The van der Waals surface area contributed by atoms with Gasteiger partial charge in [0.2, 0.25) is 0 Å². The molecule has 7 heteroatoms. The summed E-state index contributed by atoms with van der Waals surface area (Å²) in [5, 5.41) is 17.9. The summed E-state index contributed by atoms with van der Waals surface area (Å²) in [5.41, 5.74) is 9.14. The average Bonchev–Trinajstić information content (AvgIpc) is 3.19. The first-order valence-electron chi connectivity index (χ1n) is 10.9. The molecule has 3 aromatic rings. The second-order valence-corrected chi connectivity index (χ2v) is 8.66. The molecular weight excluding hydrogens is 378 g/mol. The van der Waals surface area contributed by atoms with Gasteiger partial charge in [0.15, 0.2) is 5.76 Å². The maximum atomic E-state index is 9.95. The monoisotopic (exact) mass is 407 g/mol. The van der Waals surface area contributed by atoms with Gasteiger partial charge in [-0.15, -0.1) is 0 Å². The maximum Gasteiger partial charge on any atom is 0.167 e. The Morgan fingerprint density at radius 1 is 1.23 bits per heavy atom. The zero-order valence-electron chi connectivity index (χ0n) is 17.2. The number of aromatic nitrogens is 3. The quantitative estimate of drug-likeness (QED) is 0.530. The Kier molecular flexibility index (Phi) is 5.18. The van der Waals surface area contributed by atoms with Crippen LogP contribution in [-0.4, -0.2) is 38.4 Å². The number of aliphatic hydroxyl groups excluding tert-OH is 1. The molecule has 2 atom stereocenters. The predicted molar refractivity (Wildman–Crippen MR) is 114 cm³/mol. The first-order chi connectivity index (χ1) is 14.6.